The normalized spacial score (nSPS) is 19.8. The molecule has 0 spiro atoms. The highest BCUT2D eigenvalue weighted by Gasteiger charge is 2.45. The van der Waals surface area contributed by atoms with Gasteiger partial charge in [0.05, 0.1) is 25.0 Å². The maximum absolute atomic E-state index is 13.1. The van der Waals surface area contributed by atoms with Crippen molar-refractivity contribution in [2.24, 2.45) is 0 Å². The van der Waals surface area contributed by atoms with Crippen LogP contribution in [-0.4, -0.2) is 62.9 Å². The van der Waals surface area contributed by atoms with Crippen LogP contribution in [0.25, 0.3) is 0 Å². The van der Waals surface area contributed by atoms with E-state index in [0.29, 0.717) is 0 Å². The maximum Gasteiger partial charge on any atom is 0.307 e. The Balaban J connectivity index is 2.21. The van der Waals surface area contributed by atoms with Gasteiger partial charge in [0, 0.05) is 19.9 Å². The van der Waals surface area contributed by atoms with Crippen LogP contribution in [0.5, 0.6) is 0 Å². The molecule has 1 amide bonds. The lowest BCUT2D eigenvalue weighted by atomic mass is 10.2. The number of amides is 1. The molecule has 2 atom stereocenters. The summed E-state index contributed by atoms with van der Waals surface area (Å²) >= 11 is 0. The van der Waals surface area contributed by atoms with Crippen molar-refractivity contribution < 1.29 is 36.7 Å². The second-order valence-electron chi connectivity index (χ2n) is 6.13. The number of esters is 2. The SMILES string of the molecule is COC(=O)CCNC(=O)[C@@H]1C[C@@H](OC(C)=O)CN1S(=O)(=O)c1ccc(F)cc1. The first kappa shape index (κ1) is 21.8. The molecular formula is C17H21FN2O7S. The molecule has 1 fully saturated rings. The minimum absolute atomic E-state index is 0.0370. The Kier molecular flexibility index (Phi) is 7.08. The van der Waals surface area contributed by atoms with Gasteiger partial charge in [-0.3, -0.25) is 14.4 Å². The predicted molar refractivity (Wildman–Crippen MR) is 93.9 cm³/mol. The van der Waals surface area contributed by atoms with Gasteiger partial charge in [-0.05, 0) is 24.3 Å². The van der Waals surface area contributed by atoms with E-state index in [4.69, 9.17) is 4.74 Å². The van der Waals surface area contributed by atoms with Gasteiger partial charge in [-0.2, -0.15) is 4.31 Å². The third-order valence-electron chi connectivity index (χ3n) is 4.13. The number of nitrogens with zero attached hydrogens (tertiary/aromatic N) is 1. The second kappa shape index (κ2) is 9.11. The monoisotopic (exact) mass is 416 g/mol. The number of hydrogen-bond donors (Lipinski definition) is 1. The van der Waals surface area contributed by atoms with Crippen molar-refractivity contribution in [3.05, 3.63) is 30.1 Å². The fraction of sp³-hybridized carbons (Fsp3) is 0.471. The minimum atomic E-state index is -4.14. The van der Waals surface area contributed by atoms with E-state index in [9.17, 15) is 27.2 Å². The summed E-state index contributed by atoms with van der Waals surface area (Å²) in [7, 11) is -2.93. The van der Waals surface area contributed by atoms with Gasteiger partial charge in [0.2, 0.25) is 15.9 Å². The van der Waals surface area contributed by atoms with Crippen molar-refractivity contribution in [2.45, 2.75) is 36.8 Å². The van der Waals surface area contributed by atoms with E-state index in [1.807, 2.05) is 0 Å². The fourth-order valence-corrected chi connectivity index (χ4v) is 4.47. The first-order valence-corrected chi connectivity index (χ1v) is 9.88. The van der Waals surface area contributed by atoms with Crippen molar-refractivity contribution in [3.8, 4) is 0 Å². The molecule has 28 heavy (non-hydrogen) atoms. The van der Waals surface area contributed by atoms with E-state index in [2.05, 4.69) is 10.1 Å². The van der Waals surface area contributed by atoms with Gasteiger partial charge in [0.15, 0.2) is 0 Å². The van der Waals surface area contributed by atoms with Crippen molar-refractivity contribution >= 4 is 27.9 Å². The Morgan fingerprint density at radius 2 is 1.89 bits per heavy atom. The Labute approximate surface area is 161 Å². The van der Waals surface area contributed by atoms with Gasteiger partial charge < -0.3 is 14.8 Å². The lowest BCUT2D eigenvalue weighted by Crippen LogP contribution is -2.46. The van der Waals surface area contributed by atoms with Crippen LogP contribution in [0, 0.1) is 5.82 Å². The van der Waals surface area contributed by atoms with Crippen LogP contribution in [0.4, 0.5) is 4.39 Å². The molecule has 0 aromatic heterocycles. The molecule has 11 heteroatoms. The van der Waals surface area contributed by atoms with Crippen molar-refractivity contribution in [2.75, 3.05) is 20.2 Å². The summed E-state index contributed by atoms with van der Waals surface area (Å²) < 4.78 is 49.5. The molecule has 154 valence electrons. The molecule has 1 N–H and O–H groups in total. The van der Waals surface area contributed by atoms with Crippen molar-refractivity contribution in [1.82, 2.24) is 9.62 Å². The van der Waals surface area contributed by atoms with Crippen LogP contribution in [0.2, 0.25) is 0 Å². The number of halogens is 1. The lowest BCUT2D eigenvalue weighted by molar-refractivity contribution is -0.146. The molecule has 1 aromatic carbocycles. The molecule has 1 aliphatic rings. The molecule has 1 aliphatic heterocycles. The molecule has 1 aromatic rings. The predicted octanol–water partition coefficient (Wildman–Crippen LogP) is 0.200. The first-order valence-electron chi connectivity index (χ1n) is 8.44. The molecule has 0 unspecified atom stereocenters. The zero-order valence-corrected chi connectivity index (χ0v) is 16.2. The van der Waals surface area contributed by atoms with Gasteiger partial charge in [-0.15, -0.1) is 0 Å². The summed E-state index contributed by atoms with van der Waals surface area (Å²) in [6.07, 6.45) is -0.916. The molecule has 9 nitrogen and oxygen atoms in total. The van der Waals surface area contributed by atoms with Crippen LogP contribution >= 0.6 is 0 Å². The smallest absolute Gasteiger partial charge is 0.307 e. The highest BCUT2D eigenvalue weighted by Crippen LogP contribution is 2.28. The summed E-state index contributed by atoms with van der Waals surface area (Å²) in [5.74, 6) is -2.37. The van der Waals surface area contributed by atoms with E-state index in [-0.39, 0.29) is 30.8 Å². The molecule has 0 radical (unpaired) electrons. The number of rotatable bonds is 7. The lowest BCUT2D eigenvalue weighted by Gasteiger charge is -2.23. The Hall–Kier alpha value is -2.53. The maximum atomic E-state index is 13.1. The highest BCUT2D eigenvalue weighted by molar-refractivity contribution is 7.89. The van der Waals surface area contributed by atoms with E-state index in [1.54, 1.807) is 0 Å². The molecule has 2 rings (SSSR count). The van der Waals surface area contributed by atoms with E-state index in [0.717, 1.165) is 28.6 Å². The third kappa shape index (κ3) is 5.26. The molecule has 1 heterocycles. The number of hydrogen-bond acceptors (Lipinski definition) is 7. The van der Waals surface area contributed by atoms with Crippen LogP contribution in [0.1, 0.15) is 19.8 Å². The first-order chi connectivity index (χ1) is 13.1. The van der Waals surface area contributed by atoms with Gasteiger partial charge >= 0.3 is 11.9 Å². The number of methoxy groups -OCH3 is 1. The van der Waals surface area contributed by atoms with Gasteiger partial charge in [-0.1, -0.05) is 0 Å². The molecular weight excluding hydrogens is 395 g/mol. The third-order valence-corrected chi connectivity index (χ3v) is 6.02. The number of nitrogens with one attached hydrogen (secondary N) is 1. The minimum Gasteiger partial charge on any atom is -0.469 e. The van der Waals surface area contributed by atoms with Crippen LogP contribution in [0.15, 0.2) is 29.2 Å². The van der Waals surface area contributed by atoms with Crippen molar-refractivity contribution in [3.63, 3.8) is 0 Å². The number of benzene rings is 1. The highest BCUT2D eigenvalue weighted by atomic mass is 32.2. The summed E-state index contributed by atoms with van der Waals surface area (Å²) in [4.78, 5) is 34.7. The van der Waals surface area contributed by atoms with E-state index >= 15 is 0 Å². The van der Waals surface area contributed by atoms with Crippen LogP contribution < -0.4 is 5.32 Å². The number of ether oxygens (including phenoxy) is 2. The number of sulfonamides is 1. The number of carbonyl (C=O) groups excluding carboxylic acids is 3. The molecule has 1 saturated heterocycles. The standard InChI is InChI=1S/C17H21FN2O7S/c1-11(21)27-13-9-15(17(23)19-8-7-16(22)26-2)20(10-13)28(24,25)14-5-3-12(18)4-6-14/h3-6,13,15H,7-10H2,1-2H3,(H,19,23)/t13-,15+/m1/s1. The Morgan fingerprint density at radius 3 is 2.46 bits per heavy atom. The summed E-state index contributed by atoms with van der Waals surface area (Å²) in [5.41, 5.74) is 0. The summed E-state index contributed by atoms with van der Waals surface area (Å²) in [6, 6.07) is 3.04. The van der Waals surface area contributed by atoms with Crippen LogP contribution in [0.3, 0.4) is 0 Å². The van der Waals surface area contributed by atoms with Gasteiger partial charge in [0.1, 0.15) is 18.0 Å². The van der Waals surface area contributed by atoms with Crippen LogP contribution in [-0.2, 0) is 33.9 Å². The van der Waals surface area contributed by atoms with Gasteiger partial charge in [0.25, 0.3) is 0 Å². The van der Waals surface area contributed by atoms with Crippen molar-refractivity contribution in [1.29, 1.82) is 0 Å². The summed E-state index contributed by atoms with van der Waals surface area (Å²) in [6.45, 7) is 0.932. The van der Waals surface area contributed by atoms with E-state index in [1.165, 1.54) is 14.0 Å². The molecule has 0 bridgehead atoms. The topological polar surface area (TPSA) is 119 Å². The average Bonchev–Trinajstić information content (AvgIpc) is 3.05. The zero-order chi connectivity index (χ0) is 20.9. The Morgan fingerprint density at radius 1 is 1.25 bits per heavy atom. The second-order valence-corrected chi connectivity index (χ2v) is 8.02. The summed E-state index contributed by atoms with van der Waals surface area (Å²) in [5, 5.41) is 2.48. The fourth-order valence-electron chi connectivity index (χ4n) is 2.84. The largest absolute Gasteiger partial charge is 0.469 e. The number of carbonyl (C=O) groups is 3. The Bertz CT molecular complexity index is 842. The van der Waals surface area contributed by atoms with Gasteiger partial charge in [-0.25, -0.2) is 12.8 Å². The quantitative estimate of drug-likeness (QED) is 0.631. The average molecular weight is 416 g/mol. The zero-order valence-electron chi connectivity index (χ0n) is 15.4. The molecule has 0 saturated carbocycles. The van der Waals surface area contributed by atoms with E-state index < -0.39 is 45.8 Å². The molecule has 0 aliphatic carbocycles.